The van der Waals surface area contributed by atoms with Crippen LogP contribution in [-0.4, -0.2) is 4.37 Å². The lowest BCUT2D eigenvalue weighted by Gasteiger charge is -2.08. The molecule has 2 aromatic rings. The van der Waals surface area contributed by atoms with E-state index in [4.69, 9.17) is 17.3 Å². The number of hydrogen-bond donors (Lipinski definition) is 1. The van der Waals surface area contributed by atoms with Gasteiger partial charge >= 0.3 is 6.18 Å². The van der Waals surface area contributed by atoms with Crippen LogP contribution in [0, 0.1) is 0 Å². The van der Waals surface area contributed by atoms with Crippen molar-refractivity contribution in [1.82, 2.24) is 4.37 Å². The Morgan fingerprint density at radius 3 is 2.60 bits per heavy atom. The number of aromatic nitrogens is 1. The maximum atomic E-state index is 12.4. The molecule has 2 rings (SSSR count). The molecule has 0 fully saturated rings. The van der Waals surface area contributed by atoms with E-state index in [0.29, 0.717) is 10.4 Å². The van der Waals surface area contributed by atoms with E-state index in [9.17, 15) is 13.2 Å². The van der Waals surface area contributed by atoms with Crippen molar-refractivity contribution < 1.29 is 13.2 Å². The summed E-state index contributed by atoms with van der Waals surface area (Å²) < 4.78 is 41.1. The van der Waals surface area contributed by atoms with Gasteiger partial charge in [-0.1, -0.05) is 11.6 Å². The molecule has 0 unspecified atom stereocenters. The number of nitrogens with zero attached hydrogens (tertiary/aromatic N) is 1. The average Bonchev–Trinajstić information content (AvgIpc) is 2.45. The van der Waals surface area contributed by atoms with Gasteiger partial charge in [-0.05, 0) is 23.7 Å². The summed E-state index contributed by atoms with van der Waals surface area (Å²) >= 11 is 6.47. The molecular weight excluding hydrogens is 249 g/mol. The van der Waals surface area contributed by atoms with Gasteiger partial charge in [-0.2, -0.15) is 17.5 Å². The van der Waals surface area contributed by atoms with Crippen LogP contribution < -0.4 is 5.73 Å². The van der Waals surface area contributed by atoms with Crippen molar-refractivity contribution in [3.05, 3.63) is 22.7 Å². The van der Waals surface area contributed by atoms with Gasteiger partial charge in [0.25, 0.3) is 0 Å². The fourth-order valence-electron chi connectivity index (χ4n) is 1.20. The Hall–Kier alpha value is -1.01. The van der Waals surface area contributed by atoms with Crippen LogP contribution in [0.4, 0.5) is 18.2 Å². The molecule has 1 aromatic carbocycles. The molecule has 0 saturated carbocycles. The number of alkyl halides is 3. The van der Waals surface area contributed by atoms with E-state index in [1.54, 1.807) is 0 Å². The van der Waals surface area contributed by atoms with E-state index in [2.05, 4.69) is 4.37 Å². The zero-order valence-corrected chi connectivity index (χ0v) is 8.67. The van der Waals surface area contributed by atoms with Gasteiger partial charge in [0.15, 0.2) is 0 Å². The summed E-state index contributed by atoms with van der Waals surface area (Å²) in [4.78, 5) is 0. The Morgan fingerprint density at radius 1 is 1.33 bits per heavy atom. The second kappa shape index (κ2) is 3.24. The van der Waals surface area contributed by atoms with E-state index in [1.165, 1.54) is 6.07 Å². The molecule has 0 bridgehead atoms. The van der Waals surface area contributed by atoms with Gasteiger partial charge in [0.2, 0.25) is 0 Å². The summed E-state index contributed by atoms with van der Waals surface area (Å²) in [5.41, 5.74) is 4.85. The van der Waals surface area contributed by atoms with Crippen LogP contribution in [0.15, 0.2) is 12.1 Å². The van der Waals surface area contributed by atoms with Gasteiger partial charge in [0.05, 0.1) is 16.1 Å². The molecule has 0 amide bonds. The normalized spacial score (nSPS) is 12.3. The summed E-state index contributed by atoms with van der Waals surface area (Å²) in [6.07, 6.45) is -4.47. The molecule has 0 radical (unpaired) electrons. The zero-order valence-electron chi connectivity index (χ0n) is 7.10. The molecule has 1 heterocycles. The number of hydrogen-bond acceptors (Lipinski definition) is 3. The number of rotatable bonds is 0. The van der Waals surface area contributed by atoms with Crippen LogP contribution in [0.1, 0.15) is 5.56 Å². The Bertz CT molecular complexity index is 520. The Labute approximate surface area is 91.6 Å². The molecule has 0 aliphatic heterocycles. The van der Waals surface area contributed by atoms with Crippen molar-refractivity contribution in [1.29, 1.82) is 0 Å². The first kappa shape index (κ1) is 10.5. The number of nitrogen functional groups attached to an aromatic ring is 1. The van der Waals surface area contributed by atoms with Crippen molar-refractivity contribution in [2.45, 2.75) is 6.18 Å². The highest BCUT2D eigenvalue weighted by molar-refractivity contribution is 7.11. The lowest BCUT2D eigenvalue weighted by Crippen LogP contribution is -2.05. The van der Waals surface area contributed by atoms with Crippen LogP contribution in [0.3, 0.4) is 0 Å². The molecule has 15 heavy (non-hydrogen) atoms. The van der Waals surface area contributed by atoms with Crippen molar-refractivity contribution in [3.63, 3.8) is 0 Å². The lowest BCUT2D eigenvalue weighted by molar-refractivity contribution is -0.137. The number of fused-ring (bicyclic) bond motifs is 1. The highest BCUT2D eigenvalue weighted by Gasteiger charge is 2.33. The first-order chi connectivity index (χ1) is 6.89. The van der Waals surface area contributed by atoms with Crippen LogP contribution in [0.25, 0.3) is 10.9 Å². The largest absolute Gasteiger partial charge is 0.417 e. The van der Waals surface area contributed by atoms with Gasteiger partial charge in [-0.15, -0.1) is 0 Å². The second-order valence-electron chi connectivity index (χ2n) is 2.89. The highest BCUT2D eigenvalue weighted by Crippen LogP contribution is 2.38. The van der Waals surface area contributed by atoms with E-state index < -0.39 is 11.7 Å². The van der Waals surface area contributed by atoms with Crippen LogP contribution >= 0.6 is 23.1 Å². The first-order valence-corrected chi connectivity index (χ1v) is 4.96. The molecule has 0 aliphatic rings. The summed E-state index contributed by atoms with van der Waals surface area (Å²) in [5, 5.41) is 0.459. The fraction of sp³-hybridized carbons (Fsp3) is 0.125. The topological polar surface area (TPSA) is 38.9 Å². The minimum atomic E-state index is -4.47. The molecule has 2 N–H and O–H groups in total. The predicted molar refractivity (Wildman–Crippen MR) is 54.0 cm³/mol. The summed E-state index contributed by atoms with van der Waals surface area (Å²) in [6, 6.07) is 2.10. The number of anilines is 1. The average molecular weight is 253 g/mol. The molecule has 0 atom stereocenters. The van der Waals surface area contributed by atoms with Crippen molar-refractivity contribution in [2.75, 3.05) is 5.73 Å². The third-order valence-corrected chi connectivity index (χ3v) is 2.92. The molecule has 1 aromatic heterocycles. The SMILES string of the molecule is Nc1snc2cc(C(F)(F)F)c(Cl)cc12. The fourth-order valence-corrected chi connectivity index (χ4v) is 2.08. The molecule has 0 aliphatic carbocycles. The van der Waals surface area contributed by atoms with Crippen molar-refractivity contribution in [2.24, 2.45) is 0 Å². The minimum Gasteiger partial charge on any atom is -0.389 e. The molecule has 0 saturated heterocycles. The molecule has 80 valence electrons. The van der Waals surface area contributed by atoms with Gasteiger partial charge in [0.1, 0.15) is 5.00 Å². The van der Waals surface area contributed by atoms with E-state index in [-0.39, 0.29) is 10.5 Å². The summed E-state index contributed by atoms with van der Waals surface area (Å²) in [6.45, 7) is 0. The molecule has 0 spiro atoms. The van der Waals surface area contributed by atoms with Gasteiger partial charge < -0.3 is 5.73 Å². The first-order valence-electron chi connectivity index (χ1n) is 3.81. The van der Waals surface area contributed by atoms with Gasteiger partial charge in [-0.25, -0.2) is 0 Å². The molecular formula is C8H4ClF3N2S. The summed E-state index contributed by atoms with van der Waals surface area (Å²) in [5.74, 6) is 0. The monoisotopic (exact) mass is 252 g/mol. The Kier molecular flexibility index (Phi) is 2.27. The van der Waals surface area contributed by atoms with Crippen LogP contribution in [-0.2, 0) is 6.18 Å². The zero-order chi connectivity index (χ0) is 11.2. The number of halogens is 4. The Morgan fingerprint density at radius 2 is 2.00 bits per heavy atom. The van der Waals surface area contributed by atoms with E-state index in [0.717, 1.165) is 17.6 Å². The van der Waals surface area contributed by atoms with Crippen LogP contribution in [0.5, 0.6) is 0 Å². The van der Waals surface area contributed by atoms with Gasteiger partial charge in [0, 0.05) is 5.39 Å². The van der Waals surface area contributed by atoms with Crippen molar-refractivity contribution in [3.8, 4) is 0 Å². The van der Waals surface area contributed by atoms with E-state index >= 15 is 0 Å². The number of nitrogens with two attached hydrogens (primary N) is 1. The molecule has 2 nitrogen and oxygen atoms in total. The lowest BCUT2D eigenvalue weighted by atomic mass is 10.1. The molecule has 7 heteroatoms. The third-order valence-electron chi connectivity index (χ3n) is 1.90. The maximum absolute atomic E-state index is 12.4. The maximum Gasteiger partial charge on any atom is 0.417 e. The van der Waals surface area contributed by atoms with Crippen LogP contribution in [0.2, 0.25) is 5.02 Å². The second-order valence-corrected chi connectivity index (χ2v) is 4.11. The minimum absolute atomic E-state index is 0.217. The van der Waals surface area contributed by atoms with E-state index in [1.807, 2.05) is 0 Å². The third kappa shape index (κ3) is 1.74. The Balaban J connectivity index is 2.74. The predicted octanol–water partition coefficient (Wildman–Crippen LogP) is 3.55. The quantitative estimate of drug-likeness (QED) is 0.779. The number of benzene rings is 1. The summed E-state index contributed by atoms with van der Waals surface area (Å²) in [7, 11) is 0. The standard InChI is InChI=1S/C8H4ClF3N2S/c9-5-1-3-6(14-15-7(3)13)2-4(5)8(10,11)12/h1-2H,13H2. The smallest absolute Gasteiger partial charge is 0.389 e. The van der Waals surface area contributed by atoms with Crippen molar-refractivity contribution >= 4 is 39.0 Å². The highest BCUT2D eigenvalue weighted by atomic mass is 35.5. The van der Waals surface area contributed by atoms with Gasteiger partial charge in [-0.3, -0.25) is 0 Å².